The van der Waals surface area contributed by atoms with Gasteiger partial charge in [-0.05, 0) is 153 Å². The van der Waals surface area contributed by atoms with E-state index in [2.05, 4.69) is 69.8 Å². The van der Waals surface area contributed by atoms with Crippen LogP contribution in [0.1, 0.15) is 168 Å². The second-order valence-corrected chi connectivity index (χ2v) is 30.3. The molecule has 0 bridgehead atoms. The Morgan fingerprint density at radius 1 is 0.500 bits per heavy atom. The predicted octanol–water partition coefficient (Wildman–Crippen LogP) is 7.59. The van der Waals surface area contributed by atoms with Gasteiger partial charge in [0, 0.05) is 80.5 Å². The zero-order chi connectivity index (χ0) is 73.8. The van der Waals surface area contributed by atoms with E-state index in [0.717, 1.165) is 101 Å². The lowest BCUT2D eigenvalue weighted by Gasteiger charge is -2.45. The van der Waals surface area contributed by atoms with E-state index >= 15 is 0 Å². The van der Waals surface area contributed by atoms with Crippen molar-refractivity contribution in [2.75, 3.05) is 56.5 Å². The number of benzene rings is 3. The molecule has 3 aliphatic heterocycles. The number of anilines is 3. The van der Waals surface area contributed by atoms with Gasteiger partial charge in [0.2, 0.25) is 5.91 Å². The van der Waals surface area contributed by atoms with Gasteiger partial charge in [-0.1, -0.05) is 103 Å². The van der Waals surface area contributed by atoms with E-state index < -0.39 is 17.7 Å². The van der Waals surface area contributed by atoms with E-state index in [1.165, 1.54) is 30.0 Å². The summed E-state index contributed by atoms with van der Waals surface area (Å²) >= 11 is 0. The zero-order valence-electron chi connectivity index (χ0n) is 59.4. The summed E-state index contributed by atoms with van der Waals surface area (Å²) in [5.41, 5.74) is 45.5. The molecule has 12 N–H and O–H groups in total. The van der Waals surface area contributed by atoms with Crippen molar-refractivity contribution >= 4 is 52.9 Å². The minimum atomic E-state index is -0.612. The molecule has 9 heterocycles. The van der Waals surface area contributed by atoms with Gasteiger partial charge in [-0.3, -0.25) is 42.8 Å². The first-order chi connectivity index (χ1) is 51.1. The molecular formula is C79H87N21O6. The van der Waals surface area contributed by atoms with E-state index in [1.807, 2.05) is 98.6 Å². The highest BCUT2D eigenvalue weighted by molar-refractivity contribution is 6.05. The number of likely N-dealkylation sites (tertiary alicyclic amines) is 3. The Balaban J connectivity index is 0.000000127. The number of carbonyl (C=O) groups excluding carboxylic acids is 6. The van der Waals surface area contributed by atoms with Crippen LogP contribution < -0.4 is 34.4 Å². The Kier molecular flexibility index (Phi) is 18.6. The predicted molar refractivity (Wildman–Crippen MR) is 398 cm³/mol. The summed E-state index contributed by atoms with van der Waals surface area (Å²) in [6.07, 6.45) is 24.7. The molecule has 3 aromatic carbocycles. The second-order valence-electron chi connectivity index (χ2n) is 30.3. The summed E-state index contributed by atoms with van der Waals surface area (Å²) < 4.78 is 10.7. The van der Waals surface area contributed by atoms with E-state index in [-0.39, 0.29) is 80.4 Å². The van der Waals surface area contributed by atoms with Crippen molar-refractivity contribution in [1.29, 1.82) is 0 Å². The van der Waals surface area contributed by atoms with Gasteiger partial charge in [-0.15, -0.1) is 0 Å². The molecule has 5 saturated carbocycles. The number of nitrogen functional groups attached to an aromatic ring is 3. The molecule has 5 aliphatic carbocycles. The molecule has 8 aliphatic rings. The third-order valence-corrected chi connectivity index (χ3v) is 22.6. The van der Waals surface area contributed by atoms with Crippen LogP contribution in [0.2, 0.25) is 0 Å². The number of nitrogens with two attached hydrogens (primary N) is 6. The maximum absolute atomic E-state index is 12.5. The lowest BCUT2D eigenvalue weighted by Crippen LogP contribution is -2.42. The average molecular weight is 1430 g/mol. The summed E-state index contributed by atoms with van der Waals surface area (Å²) in [7, 11) is 0. The zero-order valence-corrected chi connectivity index (χ0v) is 59.4. The maximum atomic E-state index is 12.5. The van der Waals surface area contributed by atoms with Crippen molar-refractivity contribution in [2.45, 2.75) is 134 Å². The Morgan fingerprint density at radius 3 is 1.25 bits per heavy atom. The Bertz CT molecular complexity index is 5040. The van der Waals surface area contributed by atoms with E-state index in [9.17, 15) is 28.8 Å². The number of aromatic nitrogens is 12. The summed E-state index contributed by atoms with van der Waals surface area (Å²) in [6.45, 7) is 11.4. The first kappa shape index (κ1) is 69.7. The van der Waals surface area contributed by atoms with Gasteiger partial charge in [-0.2, -0.15) is 30.6 Å². The molecule has 544 valence electrons. The lowest BCUT2D eigenvalue weighted by molar-refractivity contribution is -0.126. The Labute approximate surface area is 613 Å². The highest BCUT2D eigenvalue weighted by Gasteiger charge is 2.54. The van der Waals surface area contributed by atoms with Crippen LogP contribution in [-0.2, 0) is 34.0 Å². The standard InChI is InChI=1S/C27H31N7O2.C27H29N7O2.C25H27N7O2/c1-2-22(35)32-9-8-27(16-32)11-21(12-27)34-25(28)23(26(29)36)24(31-34)20-13-30-33(15-20)14-17-4-3-5-19(10-17)18-6-7-18;28-25-23(26(29)36)24(20-14-30-33(16-20)15-19-4-2-1-3-5-19)31-34(25)21-12-27(13-21)10-11-32(17-27)22(35)9-8-18-6-7-18;1-2-6-20(33)30-10-9-25(16-30)11-19(12-25)32-23(26)21(24(27)34)22(29-32)18-13-28-31(15-18)14-17-7-4-3-5-8-17/h2-5,10,13,15,18,21H,1,6-9,11-12,14,16,28H2,(H2,29,36);1-5,14,16,18,21H,6-7,10-13,15,17,28H2,(H2,29,36);3-5,7-8,13,15,19H,9-12,14,16,26H2,1H3,(H2,27,34). The van der Waals surface area contributed by atoms with Gasteiger partial charge in [0.25, 0.3) is 29.5 Å². The SMILES string of the molecule is C=CC(=O)N1CCC2(CC(n3nc(-c4cnn(Cc5cccc(C6CC6)c5)c4)c(C(N)=O)c3N)C2)C1.CC#CC(=O)N1CCC2(CC(n3nc(-c4cnn(Cc5ccccc5)c4)c(C(N)=O)c3N)C2)C1.NC(=O)c1c(-c2cnn(Cc3ccccc3)c2)nn(C2CC3(CCN(C(=O)C#CC4CC4)C3)C2)c1N. The van der Waals surface area contributed by atoms with Crippen molar-refractivity contribution in [2.24, 2.45) is 39.4 Å². The third kappa shape index (κ3) is 14.2. The van der Waals surface area contributed by atoms with Gasteiger partial charge in [0.05, 0.1) is 56.4 Å². The van der Waals surface area contributed by atoms with Crippen molar-refractivity contribution in [1.82, 2.24) is 73.4 Å². The van der Waals surface area contributed by atoms with Crippen LogP contribution in [0.15, 0.2) is 135 Å². The minimum Gasteiger partial charge on any atom is -0.383 e. The largest absolute Gasteiger partial charge is 0.383 e. The number of rotatable bonds is 17. The van der Waals surface area contributed by atoms with Gasteiger partial charge >= 0.3 is 0 Å². The highest BCUT2D eigenvalue weighted by atomic mass is 16.2. The van der Waals surface area contributed by atoms with Crippen LogP contribution in [0.5, 0.6) is 0 Å². The van der Waals surface area contributed by atoms with Crippen LogP contribution in [0.4, 0.5) is 17.5 Å². The van der Waals surface area contributed by atoms with Crippen LogP contribution in [0.3, 0.4) is 0 Å². The third-order valence-electron chi connectivity index (χ3n) is 22.6. The number of hydrogen-bond acceptors (Lipinski definition) is 15. The van der Waals surface area contributed by atoms with Crippen LogP contribution >= 0.6 is 0 Å². The van der Waals surface area contributed by atoms with E-state index in [4.69, 9.17) is 49.7 Å². The lowest BCUT2D eigenvalue weighted by atomic mass is 9.65. The molecule has 27 heteroatoms. The molecule has 106 heavy (non-hydrogen) atoms. The molecule has 6 amide bonds. The van der Waals surface area contributed by atoms with E-state index in [1.54, 1.807) is 48.9 Å². The molecule has 17 rings (SSSR count). The van der Waals surface area contributed by atoms with Crippen molar-refractivity contribution < 1.29 is 28.8 Å². The van der Waals surface area contributed by atoms with Crippen LogP contribution in [-0.4, -0.2) is 148 Å². The van der Waals surface area contributed by atoms with Crippen molar-refractivity contribution in [3.63, 3.8) is 0 Å². The van der Waals surface area contributed by atoms with Crippen LogP contribution in [0, 0.1) is 45.8 Å². The number of nitrogens with zero attached hydrogens (tertiary/aromatic N) is 15. The monoisotopic (exact) mass is 1430 g/mol. The summed E-state index contributed by atoms with van der Waals surface area (Å²) in [6, 6.07) is 28.8. The molecule has 0 atom stereocenters. The number of hydrogen-bond donors (Lipinski definition) is 6. The molecule has 27 nitrogen and oxygen atoms in total. The summed E-state index contributed by atoms with van der Waals surface area (Å²) in [4.78, 5) is 79.2. The second kappa shape index (κ2) is 28.2. The normalized spacial score (nSPS) is 22.4. The number of primary amides is 3. The average Bonchev–Trinajstić information content (AvgIpc) is 1.59. The smallest absolute Gasteiger partial charge is 0.298 e. The molecule has 3 saturated heterocycles. The maximum Gasteiger partial charge on any atom is 0.298 e. The summed E-state index contributed by atoms with van der Waals surface area (Å²) in [5, 5.41) is 27.6. The summed E-state index contributed by atoms with van der Waals surface area (Å²) in [5.74, 6) is 11.1. The molecular weight excluding hydrogens is 1340 g/mol. The molecule has 6 aromatic heterocycles. The topological polar surface area (TPSA) is 375 Å². The minimum absolute atomic E-state index is 0.0245. The first-order valence-electron chi connectivity index (χ1n) is 36.4. The van der Waals surface area contributed by atoms with Crippen molar-refractivity contribution in [3.8, 4) is 57.5 Å². The Hall–Kier alpha value is -12.0. The first-order valence-corrected chi connectivity index (χ1v) is 36.4. The Morgan fingerprint density at radius 2 is 0.877 bits per heavy atom. The molecule has 3 spiro atoms. The quantitative estimate of drug-likeness (QED) is 0.0378. The highest BCUT2D eigenvalue weighted by Crippen LogP contribution is 2.57. The van der Waals surface area contributed by atoms with E-state index in [0.29, 0.717) is 90.7 Å². The molecule has 0 unspecified atom stereocenters. The number of carbonyl (C=O) groups is 6. The fourth-order valence-electron chi connectivity index (χ4n) is 16.8. The van der Waals surface area contributed by atoms with Gasteiger partial charge in [0.15, 0.2) is 0 Å². The molecule has 9 aromatic rings. The van der Waals surface area contributed by atoms with Gasteiger partial charge in [-0.25, -0.2) is 14.0 Å². The molecule has 0 radical (unpaired) electrons. The molecule has 8 fully saturated rings. The number of amides is 6. The fraction of sp³-hybridized carbons (Fsp3) is 0.392. The van der Waals surface area contributed by atoms with Gasteiger partial charge in [0.1, 0.15) is 51.2 Å². The van der Waals surface area contributed by atoms with Crippen molar-refractivity contribution in [3.05, 3.63) is 174 Å². The fourth-order valence-corrected chi connectivity index (χ4v) is 16.8. The van der Waals surface area contributed by atoms with Crippen LogP contribution in [0.25, 0.3) is 33.8 Å². The van der Waals surface area contributed by atoms with Gasteiger partial charge < -0.3 is 49.1 Å².